The van der Waals surface area contributed by atoms with Crippen LogP contribution in [0.5, 0.6) is 0 Å². The van der Waals surface area contributed by atoms with Crippen LogP contribution in [0.2, 0.25) is 5.15 Å². The maximum Gasteiger partial charge on any atom is 0.155 e. The van der Waals surface area contributed by atoms with Gasteiger partial charge in [-0.05, 0) is 12.1 Å². The van der Waals surface area contributed by atoms with E-state index in [1.54, 1.807) is 0 Å². The minimum Gasteiger partial charge on any atom is -0.298 e. The van der Waals surface area contributed by atoms with Crippen LogP contribution < -0.4 is 0 Å². The van der Waals surface area contributed by atoms with Gasteiger partial charge in [0.05, 0.1) is 5.56 Å². The first-order chi connectivity index (χ1) is 8.61. The molecule has 0 spiro atoms. The number of rotatable bonds is 3. The Labute approximate surface area is 110 Å². The van der Waals surface area contributed by atoms with Crippen molar-refractivity contribution in [2.24, 2.45) is 0 Å². The third-order valence-corrected chi connectivity index (χ3v) is 3.39. The molecule has 0 saturated heterocycles. The molecule has 2 aromatic rings. The Hall–Kier alpha value is -1.53. The quantitative estimate of drug-likeness (QED) is 0.641. The van der Waals surface area contributed by atoms with Gasteiger partial charge >= 0.3 is 0 Å². The van der Waals surface area contributed by atoms with E-state index in [9.17, 15) is 13.6 Å². The number of aldehydes is 1. The molecule has 0 aliphatic rings. The minimum atomic E-state index is -0.730. The highest BCUT2D eigenvalue weighted by Crippen LogP contribution is 2.31. The molecule has 0 bridgehead atoms. The van der Waals surface area contributed by atoms with E-state index < -0.39 is 11.6 Å². The van der Waals surface area contributed by atoms with E-state index in [0.29, 0.717) is 6.29 Å². The molecule has 0 amide bonds. The van der Waals surface area contributed by atoms with E-state index in [-0.39, 0.29) is 20.6 Å². The molecule has 2 rings (SSSR count). The summed E-state index contributed by atoms with van der Waals surface area (Å²) in [5.74, 6) is -1.40. The van der Waals surface area contributed by atoms with E-state index in [1.165, 1.54) is 12.4 Å². The van der Waals surface area contributed by atoms with E-state index in [1.807, 2.05) is 0 Å². The average Bonchev–Trinajstić information content (AvgIpc) is 2.33. The van der Waals surface area contributed by atoms with Crippen molar-refractivity contribution in [1.29, 1.82) is 0 Å². The van der Waals surface area contributed by atoms with Gasteiger partial charge in [-0.25, -0.2) is 18.7 Å². The van der Waals surface area contributed by atoms with Crippen LogP contribution in [-0.4, -0.2) is 16.3 Å². The van der Waals surface area contributed by atoms with Crippen molar-refractivity contribution in [2.45, 2.75) is 9.92 Å². The zero-order valence-electron chi connectivity index (χ0n) is 8.73. The molecule has 92 valence electrons. The lowest BCUT2D eigenvalue weighted by molar-refractivity contribution is 0.112. The SMILES string of the molecule is O=Cc1c(Cl)ncnc1Sc1ccc(F)cc1F. The van der Waals surface area contributed by atoms with E-state index in [0.717, 1.165) is 23.9 Å². The molecule has 1 heterocycles. The van der Waals surface area contributed by atoms with Crippen LogP contribution in [0, 0.1) is 11.6 Å². The number of halogens is 3. The monoisotopic (exact) mass is 286 g/mol. The fourth-order valence-electron chi connectivity index (χ4n) is 1.20. The summed E-state index contributed by atoms with van der Waals surface area (Å²) in [5.41, 5.74) is 0.0768. The molecular formula is C11H5ClF2N2OS. The van der Waals surface area contributed by atoms with Crippen LogP contribution in [0.4, 0.5) is 8.78 Å². The third-order valence-electron chi connectivity index (χ3n) is 2.02. The molecule has 0 aliphatic heterocycles. The highest BCUT2D eigenvalue weighted by molar-refractivity contribution is 7.99. The van der Waals surface area contributed by atoms with Crippen LogP contribution in [0.1, 0.15) is 10.4 Å². The Morgan fingerprint density at radius 2 is 2.06 bits per heavy atom. The number of benzene rings is 1. The molecular weight excluding hydrogens is 282 g/mol. The van der Waals surface area contributed by atoms with Gasteiger partial charge in [0.1, 0.15) is 28.1 Å². The molecule has 3 nitrogen and oxygen atoms in total. The van der Waals surface area contributed by atoms with Crippen molar-refractivity contribution in [2.75, 3.05) is 0 Å². The number of aromatic nitrogens is 2. The standard InChI is InChI=1S/C11H5ClF2N2OS/c12-10-7(4-17)11(16-5-15-10)18-9-2-1-6(13)3-8(9)14/h1-5H. The van der Waals surface area contributed by atoms with Crippen molar-refractivity contribution in [1.82, 2.24) is 9.97 Å². The van der Waals surface area contributed by atoms with Gasteiger partial charge in [0.2, 0.25) is 0 Å². The lowest BCUT2D eigenvalue weighted by Crippen LogP contribution is -1.94. The van der Waals surface area contributed by atoms with Crippen LogP contribution >= 0.6 is 23.4 Å². The number of hydrogen-bond donors (Lipinski definition) is 0. The second-order valence-corrected chi connectivity index (χ2v) is 4.57. The first-order valence-corrected chi connectivity index (χ1v) is 5.90. The highest BCUT2D eigenvalue weighted by atomic mass is 35.5. The summed E-state index contributed by atoms with van der Waals surface area (Å²) < 4.78 is 26.2. The van der Waals surface area contributed by atoms with Gasteiger partial charge in [0.25, 0.3) is 0 Å². The summed E-state index contributed by atoms with van der Waals surface area (Å²) in [6.45, 7) is 0. The first-order valence-electron chi connectivity index (χ1n) is 4.70. The summed E-state index contributed by atoms with van der Waals surface area (Å²) in [6, 6.07) is 3.14. The van der Waals surface area contributed by atoms with Crippen LogP contribution in [0.15, 0.2) is 34.4 Å². The molecule has 0 radical (unpaired) electrons. The normalized spacial score (nSPS) is 10.4. The fraction of sp³-hybridized carbons (Fsp3) is 0. The molecule has 1 aromatic carbocycles. The Morgan fingerprint density at radius 1 is 1.28 bits per heavy atom. The maximum absolute atomic E-state index is 13.4. The molecule has 1 aromatic heterocycles. The summed E-state index contributed by atoms with van der Waals surface area (Å²) in [5, 5.41) is 0.209. The molecule has 0 N–H and O–H groups in total. The smallest absolute Gasteiger partial charge is 0.155 e. The summed E-state index contributed by atoms with van der Waals surface area (Å²) in [4.78, 5) is 18.5. The van der Waals surface area contributed by atoms with Gasteiger partial charge in [-0.3, -0.25) is 4.79 Å². The summed E-state index contributed by atoms with van der Waals surface area (Å²) in [6.07, 6.45) is 1.66. The lowest BCUT2D eigenvalue weighted by Gasteiger charge is -2.05. The van der Waals surface area contributed by atoms with Crippen molar-refractivity contribution >= 4 is 29.6 Å². The Balaban J connectivity index is 2.40. The largest absolute Gasteiger partial charge is 0.298 e. The predicted octanol–water partition coefficient (Wildman–Crippen LogP) is 3.37. The summed E-state index contributed by atoms with van der Waals surface area (Å²) in [7, 11) is 0. The second-order valence-electron chi connectivity index (χ2n) is 3.18. The van der Waals surface area contributed by atoms with Crippen molar-refractivity contribution < 1.29 is 13.6 Å². The predicted molar refractivity (Wildman–Crippen MR) is 62.9 cm³/mol. The number of carbonyl (C=O) groups is 1. The minimum absolute atomic E-state index is 0.00924. The molecule has 0 saturated carbocycles. The Kier molecular flexibility index (Phi) is 3.88. The molecule has 18 heavy (non-hydrogen) atoms. The van der Waals surface area contributed by atoms with Gasteiger partial charge in [0, 0.05) is 11.0 Å². The Bertz CT molecular complexity index is 610. The maximum atomic E-state index is 13.4. The molecule has 0 atom stereocenters. The molecule has 0 fully saturated rings. The fourth-order valence-corrected chi connectivity index (χ4v) is 2.29. The molecule has 0 unspecified atom stereocenters. The van der Waals surface area contributed by atoms with E-state index in [4.69, 9.17) is 11.6 Å². The van der Waals surface area contributed by atoms with Crippen molar-refractivity contribution in [3.05, 3.63) is 46.9 Å². The van der Waals surface area contributed by atoms with Crippen molar-refractivity contribution in [3.63, 3.8) is 0 Å². The van der Waals surface area contributed by atoms with E-state index >= 15 is 0 Å². The number of nitrogens with zero attached hydrogens (tertiary/aromatic N) is 2. The topological polar surface area (TPSA) is 42.9 Å². The van der Waals surface area contributed by atoms with Gasteiger partial charge in [-0.15, -0.1) is 0 Å². The van der Waals surface area contributed by atoms with Gasteiger partial charge in [-0.2, -0.15) is 0 Å². The van der Waals surface area contributed by atoms with Crippen LogP contribution in [0.3, 0.4) is 0 Å². The van der Waals surface area contributed by atoms with Crippen LogP contribution in [-0.2, 0) is 0 Å². The summed E-state index contributed by atoms with van der Waals surface area (Å²) >= 11 is 6.59. The molecule has 7 heteroatoms. The third kappa shape index (κ3) is 2.65. The first kappa shape index (κ1) is 12.9. The van der Waals surface area contributed by atoms with E-state index in [2.05, 4.69) is 9.97 Å². The Morgan fingerprint density at radius 3 is 2.72 bits per heavy atom. The highest BCUT2D eigenvalue weighted by Gasteiger charge is 2.13. The van der Waals surface area contributed by atoms with Gasteiger partial charge < -0.3 is 0 Å². The zero-order chi connectivity index (χ0) is 13.1. The number of carbonyl (C=O) groups excluding carboxylic acids is 1. The zero-order valence-corrected chi connectivity index (χ0v) is 10.3. The van der Waals surface area contributed by atoms with Gasteiger partial charge in [-0.1, -0.05) is 23.4 Å². The molecule has 0 aliphatic carbocycles. The average molecular weight is 287 g/mol. The van der Waals surface area contributed by atoms with Crippen molar-refractivity contribution in [3.8, 4) is 0 Å². The second kappa shape index (κ2) is 5.41. The van der Waals surface area contributed by atoms with Crippen LogP contribution in [0.25, 0.3) is 0 Å². The van der Waals surface area contributed by atoms with Gasteiger partial charge in [0.15, 0.2) is 6.29 Å². The lowest BCUT2D eigenvalue weighted by atomic mass is 10.3. The number of hydrogen-bond acceptors (Lipinski definition) is 4.